The van der Waals surface area contributed by atoms with Crippen molar-refractivity contribution in [3.63, 3.8) is 0 Å². The maximum atomic E-state index is 14.1. The number of halogens is 2. The van der Waals surface area contributed by atoms with Gasteiger partial charge in [0.25, 0.3) is 5.92 Å². The van der Waals surface area contributed by atoms with Gasteiger partial charge >= 0.3 is 5.97 Å². The second kappa shape index (κ2) is 8.65. The molecule has 2 aromatic rings. The van der Waals surface area contributed by atoms with Crippen LogP contribution in [0.25, 0.3) is 11.1 Å². The molecule has 1 N–H and O–H groups in total. The Balaban J connectivity index is 2.41. The molecular weight excluding hydrogens is 342 g/mol. The number of alkyl halides is 2. The first-order valence-electron chi connectivity index (χ1n) is 8.47. The summed E-state index contributed by atoms with van der Waals surface area (Å²) >= 11 is 0. The molecular formula is C20H22F2O4. The van der Waals surface area contributed by atoms with Crippen LogP contribution in [0.2, 0.25) is 0 Å². The molecule has 0 atom stereocenters. The normalized spacial score (nSPS) is 11.2. The fourth-order valence-corrected chi connectivity index (χ4v) is 2.40. The van der Waals surface area contributed by atoms with Crippen LogP contribution in [0.1, 0.15) is 32.3 Å². The molecule has 26 heavy (non-hydrogen) atoms. The molecule has 140 valence electrons. The molecule has 0 bridgehead atoms. The second-order valence-corrected chi connectivity index (χ2v) is 5.82. The summed E-state index contributed by atoms with van der Waals surface area (Å²) in [5.41, 5.74) is 0.922. The van der Waals surface area contributed by atoms with Crippen LogP contribution in [0.4, 0.5) is 8.78 Å². The van der Waals surface area contributed by atoms with Gasteiger partial charge in [-0.1, -0.05) is 26.0 Å². The van der Waals surface area contributed by atoms with E-state index in [1.807, 2.05) is 6.92 Å². The summed E-state index contributed by atoms with van der Waals surface area (Å²) in [5, 5.41) is 8.82. The third kappa shape index (κ3) is 4.94. The molecule has 0 aromatic heterocycles. The molecule has 2 rings (SSSR count). The van der Waals surface area contributed by atoms with E-state index < -0.39 is 18.5 Å². The van der Waals surface area contributed by atoms with Gasteiger partial charge in [-0.15, -0.1) is 0 Å². The topological polar surface area (TPSA) is 55.8 Å². The van der Waals surface area contributed by atoms with Crippen molar-refractivity contribution >= 4 is 5.97 Å². The Morgan fingerprint density at radius 2 is 1.77 bits per heavy atom. The summed E-state index contributed by atoms with van der Waals surface area (Å²) in [6, 6.07) is 11.0. The van der Waals surface area contributed by atoms with Crippen molar-refractivity contribution < 1.29 is 28.2 Å². The predicted molar refractivity (Wildman–Crippen MR) is 95.0 cm³/mol. The SMILES string of the molecule is CCCOc1ccc(-c2cc(C(F)(F)CC)ccc2OCC(=O)O)cc1. The van der Waals surface area contributed by atoms with Crippen molar-refractivity contribution in [1.29, 1.82) is 0 Å². The lowest BCUT2D eigenvalue weighted by Crippen LogP contribution is -2.13. The smallest absolute Gasteiger partial charge is 0.341 e. The monoisotopic (exact) mass is 364 g/mol. The molecule has 0 aliphatic rings. The van der Waals surface area contributed by atoms with E-state index in [1.54, 1.807) is 24.3 Å². The number of benzene rings is 2. The first-order chi connectivity index (χ1) is 12.4. The number of hydrogen-bond donors (Lipinski definition) is 1. The van der Waals surface area contributed by atoms with E-state index in [-0.39, 0.29) is 17.7 Å². The van der Waals surface area contributed by atoms with E-state index in [1.165, 1.54) is 25.1 Å². The molecule has 0 amide bonds. The van der Waals surface area contributed by atoms with E-state index in [0.29, 0.717) is 23.5 Å². The van der Waals surface area contributed by atoms with Crippen molar-refractivity contribution in [2.24, 2.45) is 0 Å². The Bertz CT molecular complexity index is 742. The molecule has 2 aromatic carbocycles. The highest BCUT2D eigenvalue weighted by atomic mass is 19.3. The molecule has 0 heterocycles. The van der Waals surface area contributed by atoms with Crippen LogP contribution in [-0.2, 0) is 10.7 Å². The Hall–Kier alpha value is -2.63. The lowest BCUT2D eigenvalue weighted by atomic mass is 9.98. The van der Waals surface area contributed by atoms with Gasteiger partial charge in [0.1, 0.15) is 11.5 Å². The Morgan fingerprint density at radius 1 is 1.08 bits per heavy atom. The van der Waals surface area contributed by atoms with Crippen LogP contribution >= 0.6 is 0 Å². The second-order valence-electron chi connectivity index (χ2n) is 5.82. The van der Waals surface area contributed by atoms with Crippen molar-refractivity contribution in [2.75, 3.05) is 13.2 Å². The van der Waals surface area contributed by atoms with Crippen LogP contribution in [-0.4, -0.2) is 24.3 Å². The van der Waals surface area contributed by atoms with Crippen LogP contribution in [0, 0.1) is 0 Å². The standard InChI is InChI=1S/C20H22F2O4/c1-3-11-25-16-8-5-14(6-9-16)17-12-15(20(21,22)4-2)7-10-18(17)26-13-19(23)24/h5-10,12H,3-4,11,13H2,1-2H3,(H,23,24). The molecule has 0 aliphatic carbocycles. The molecule has 4 nitrogen and oxygen atoms in total. The average Bonchev–Trinajstić information content (AvgIpc) is 2.65. The van der Waals surface area contributed by atoms with Crippen LogP contribution in [0.5, 0.6) is 11.5 Å². The van der Waals surface area contributed by atoms with Gasteiger partial charge in [0.15, 0.2) is 6.61 Å². The number of rotatable bonds is 9. The van der Waals surface area contributed by atoms with Crippen LogP contribution < -0.4 is 9.47 Å². The Labute approximate surface area is 151 Å². The van der Waals surface area contributed by atoms with Gasteiger partial charge in [-0.3, -0.25) is 0 Å². The first-order valence-corrected chi connectivity index (χ1v) is 8.47. The fourth-order valence-electron chi connectivity index (χ4n) is 2.40. The van der Waals surface area contributed by atoms with E-state index >= 15 is 0 Å². The van der Waals surface area contributed by atoms with Gasteiger partial charge < -0.3 is 14.6 Å². The minimum Gasteiger partial charge on any atom is -0.494 e. The maximum Gasteiger partial charge on any atom is 0.341 e. The van der Waals surface area contributed by atoms with E-state index in [0.717, 1.165) is 6.42 Å². The van der Waals surface area contributed by atoms with Gasteiger partial charge in [0.05, 0.1) is 6.61 Å². The van der Waals surface area contributed by atoms with E-state index in [4.69, 9.17) is 14.6 Å². The predicted octanol–water partition coefficient (Wildman–Crippen LogP) is 5.11. The third-order valence-corrected chi connectivity index (χ3v) is 3.84. The number of carboxylic acids is 1. The molecule has 0 aliphatic heterocycles. The zero-order chi connectivity index (χ0) is 19.2. The number of hydrogen-bond acceptors (Lipinski definition) is 3. The number of ether oxygens (including phenoxy) is 2. The first kappa shape index (κ1) is 19.7. The fraction of sp³-hybridized carbons (Fsp3) is 0.350. The van der Waals surface area contributed by atoms with E-state index in [9.17, 15) is 13.6 Å². The average molecular weight is 364 g/mol. The minimum absolute atomic E-state index is 0.135. The summed E-state index contributed by atoms with van der Waals surface area (Å²) in [4.78, 5) is 10.8. The lowest BCUT2D eigenvalue weighted by molar-refractivity contribution is -0.139. The lowest BCUT2D eigenvalue weighted by Gasteiger charge is -2.18. The van der Waals surface area contributed by atoms with E-state index in [2.05, 4.69) is 0 Å². The van der Waals surface area contributed by atoms with Gasteiger partial charge in [-0.2, -0.15) is 0 Å². The molecule has 0 saturated heterocycles. The summed E-state index contributed by atoms with van der Waals surface area (Å²) < 4.78 is 38.9. The zero-order valence-corrected chi connectivity index (χ0v) is 14.8. The molecule has 6 heteroatoms. The van der Waals surface area contributed by atoms with Crippen molar-refractivity contribution in [2.45, 2.75) is 32.6 Å². The third-order valence-electron chi connectivity index (χ3n) is 3.84. The maximum absolute atomic E-state index is 14.1. The van der Waals surface area contributed by atoms with Gasteiger partial charge in [-0.05, 0) is 42.3 Å². The van der Waals surface area contributed by atoms with Crippen molar-refractivity contribution in [3.05, 3.63) is 48.0 Å². The van der Waals surface area contributed by atoms with Gasteiger partial charge in [-0.25, -0.2) is 13.6 Å². The van der Waals surface area contributed by atoms with Crippen molar-refractivity contribution in [1.82, 2.24) is 0 Å². The highest BCUT2D eigenvalue weighted by molar-refractivity contribution is 5.73. The summed E-state index contributed by atoms with van der Waals surface area (Å²) in [7, 11) is 0. The van der Waals surface area contributed by atoms with Crippen LogP contribution in [0.15, 0.2) is 42.5 Å². The quantitative estimate of drug-likeness (QED) is 0.672. The molecule has 0 spiro atoms. The van der Waals surface area contributed by atoms with Gasteiger partial charge in [0, 0.05) is 17.5 Å². The molecule has 0 unspecified atom stereocenters. The highest BCUT2D eigenvalue weighted by Gasteiger charge is 2.30. The summed E-state index contributed by atoms with van der Waals surface area (Å²) in [6.07, 6.45) is 0.550. The van der Waals surface area contributed by atoms with Crippen LogP contribution in [0.3, 0.4) is 0 Å². The largest absolute Gasteiger partial charge is 0.494 e. The summed E-state index contributed by atoms with van der Waals surface area (Å²) in [5.74, 6) is -3.18. The highest BCUT2D eigenvalue weighted by Crippen LogP contribution is 2.38. The molecule has 0 fully saturated rings. The van der Waals surface area contributed by atoms with Crippen molar-refractivity contribution in [3.8, 4) is 22.6 Å². The summed E-state index contributed by atoms with van der Waals surface area (Å²) in [6.45, 7) is 3.45. The zero-order valence-electron chi connectivity index (χ0n) is 14.8. The van der Waals surface area contributed by atoms with Gasteiger partial charge in [0.2, 0.25) is 0 Å². The Morgan fingerprint density at radius 3 is 2.35 bits per heavy atom. The number of aliphatic carboxylic acids is 1. The number of carbonyl (C=O) groups is 1. The minimum atomic E-state index is -2.97. The number of carboxylic acid groups (broad SMARTS) is 1. The molecule has 0 radical (unpaired) electrons. The Kier molecular flexibility index (Phi) is 6.55. The molecule has 0 saturated carbocycles.